The van der Waals surface area contributed by atoms with Crippen molar-refractivity contribution in [3.63, 3.8) is 0 Å². The van der Waals surface area contributed by atoms with Gasteiger partial charge in [-0.15, -0.1) is 0 Å². The zero-order valence-corrected chi connectivity index (χ0v) is 12.3. The number of esters is 2. The van der Waals surface area contributed by atoms with Gasteiger partial charge in [0.25, 0.3) is 0 Å². The first-order valence-electron chi connectivity index (χ1n) is 6.58. The van der Waals surface area contributed by atoms with Gasteiger partial charge in [-0.1, -0.05) is 12.1 Å². The molecule has 0 saturated heterocycles. The molecule has 0 aliphatic heterocycles. The Morgan fingerprint density at radius 2 is 1.86 bits per heavy atom. The first-order chi connectivity index (χ1) is 10.6. The molecule has 0 amide bonds. The highest BCUT2D eigenvalue weighted by atomic mass is 16.5. The van der Waals surface area contributed by atoms with E-state index in [4.69, 9.17) is 4.74 Å². The third-order valence-corrected chi connectivity index (χ3v) is 3.08. The van der Waals surface area contributed by atoms with Crippen LogP contribution in [0.4, 0.5) is 0 Å². The van der Waals surface area contributed by atoms with E-state index in [2.05, 4.69) is 9.84 Å². The molecular formula is C15H16N2O5. The SMILES string of the molecule is COC(=O)c1cc(CCO)n(-c2ccccc2C(=O)OC)n1. The summed E-state index contributed by atoms with van der Waals surface area (Å²) < 4.78 is 10.8. The Bertz CT molecular complexity index is 693. The van der Waals surface area contributed by atoms with Gasteiger partial charge in [0, 0.05) is 18.7 Å². The number of ether oxygens (including phenoxy) is 2. The van der Waals surface area contributed by atoms with E-state index < -0.39 is 11.9 Å². The van der Waals surface area contributed by atoms with Crippen molar-refractivity contribution in [1.82, 2.24) is 9.78 Å². The molecule has 1 aromatic heterocycles. The van der Waals surface area contributed by atoms with Crippen molar-refractivity contribution in [2.24, 2.45) is 0 Å². The summed E-state index contributed by atoms with van der Waals surface area (Å²) in [6, 6.07) is 8.25. The normalized spacial score (nSPS) is 10.3. The third-order valence-electron chi connectivity index (χ3n) is 3.08. The number of aliphatic hydroxyl groups excluding tert-OH is 1. The Hall–Kier alpha value is -2.67. The third kappa shape index (κ3) is 2.99. The molecule has 0 spiro atoms. The van der Waals surface area contributed by atoms with Crippen LogP contribution in [0.3, 0.4) is 0 Å². The summed E-state index contributed by atoms with van der Waals surface area (Å²) in [6.45, 7) is -0.118. The number of hydrogen-bond donors (Lipinski definition) is 1. The average Bonchev–Trinajstić information content (AvgIpc) is 2.97. The van der Waals surface area contributed by atoms with E-state index >= 15 is 0 Å². The summed E-state index contributed by atoms with van der Waals surface area (Å²) in [5.41, 5.74) is 1.46. The van der Waals surface area contributed by atoms with Gasteiger partial charge in [0.1, 0.15) is 0 Å². The molecule has 0 unspecified atom stereocenters. The summed E-state index contributed by atoms with van der Waals surface area (Å²) in [4.78, 5) is 23.5. The molecule has 7 nitrogen and oxygen atoms in total. The first kappa shape index (κ1) is 15.7. The van der Waals surface area contributed by atoms with Gasteiger partial charge < -0.3 is 14.6 Å². The Morgan fingerprint density at radius 3 is 2.50 bits per heavy atom. The molecule has 1 heterocycles. The maximum Gasteiger partial charge on any atom is 0.358 e. The molecule has 116 valence electrons. The molecule has 2 aromatic rings. The number of methoxy groups -OCH3 is 2. The van der Waals surface area contributed by atoms with Crippen LogP contribution in [0.1, 0.15) is 26.5 Å². The minimum absolute atomic E-state index is 0.102. The van der Waals surface area contributed by atoms with E-state index in [9.17, 15) is 14.7 Å². The average molecular weight is 304 g/mol. The van der Waals surface area contributed by atoms with Crippen LogP contribution in [-0.4, -0.2) is 47.7 Å². The highest BCUT2D eigenvalue weighted by Gasteiger charge is 2.19. The number of rotatable bonds is 5. The fourth-order valence-electron chi connectivity index (χ4n) is 2.07. The first-order valence-corrected chi connectivity index (χ1v) is 6.58. The van der Waals surface area contributed by atoms with Gasteiger partial charge in [-0.2, -0.15) is 5.10 Å². The van der Waals surface area contributed by atoms with Crippen molar-refractivity contribution in [2.45, 2.75) is 6.42 Å². The van der Waals surface area contributed by atoms with Gasteiger partial charge in [-0.25, -0.2) is 14.3 Å². The monoisotopic (exact) mass is 304 g/mol. The van der Waals surface area contributed by atoms with Crippen LogP contribution in [0.5, 0.6) is 0 Å². The Morgan fingerprint density at radius 1 is 1.18 bits per heavy atom. The number of carbonyl (C=O) groups excluding carboxylic acids is 2. The van der Waals surface area contributed by atoms with Crippen LogP contribution >= 0.6 is 0 Å². The number of benzene rings is 1. The van der Waals surface area contributed by atoms with Gasteiger partial charge in [-0.05, 0) is 18.2 Å². The maximum atomic E-state index is 11.9. The van der Waals surface area contributed by atoms with E-state index in [1.54, 1.807) is 24.3 Å². The molecule has 0 aliphatic rings. The topological polar surface area (TPSA) is 90.7 Å². The van der Waals surface area contributed by atoms with Gasteiger partial charge >= 0.3 is 11.9 Å². The number of hydrogen-bond acceptors (Lipinski definition) is 6. The van der Waals surface area contributed by atoms with Crippen molar-refractivity contribution < 1.29 is 24.2 Å². The maximum absolute atomic E-state index is 11.9. The van der Waals surface area contributed by atoms with Crippen molar-refractivity contribution in [2.75, 3.05) is 20.8 Å². The Balaban J connectivity index is 2.58. The number of para-hydroxylation sites is 1. The smallest absolute Gasteiger partial charge is 0.358 e. The second-order valence-electron chi connectivity index (χ2n) is 4.41. The zero-order valence-electron chi connectivity index (χ0n) is 12.3. The summed E-state index contributed by atoms with van der Waals surface area (Å²) in [6.07, 6.45) is 0.277. The lowest BCUT2D eigenvalue weighted by atomic mass is 10.1. The molecular weight excluding hydrogens is 288 g/mol. The molecule has 1 aromatic carbocycles. The summed E-state index contributed by atoms with van der Waals surface area (Å²) in [7, 11) is 2.55. The van der Waals surface area contributed by atoms with Crippen LogP contribution in [0.2, 0.25) is 0 Å². The van der Waals surface area contributed by atoms with E-state index in [-0.39, 0.29) is 18.7 Å². The second kappa shape index (κ2) is 6.86. The Kier molecular flexibility index (Phi) is 4.90. The van der Waals surface area contributed by atoms with E-state index in [0.29, 0.717) is 16.9 Å². The minimum atomic E-state index is -0.589. The summed E-state index contributed by atoms with van der Waals surface area (Å²) in [5.74, 6) is -1.10. The molecule has 0 aliphatic carbocycles. The molecule has 2 rings (SSSR count). The molecule has 7 heteroatoms. The van der Waals surface area contributed by atoms with Gasteiger partial charge in [0.2, 0.25) is 0 Å². The lowest BCUT2D eigenvalue weighted by Gasteiger charge is -2.10. The van der Waals surface area contributed by atoms with Crippen LogP contribution in [0.15, 0.2) is 30.3 Å². The molecule has 0 saturated carbocycles. The standard InChI is InChI=1S/C15H16N2O5/c1-21-14(19)11-5-3-4-6-13(11)17-10(7-8-18)9-12(16-17)15(20)22-2/h3-6,9,18H,7-8H2,1-2H3. The highest BCUT2D eigenvalue weighted by Crippen LogP contribution is 2.19. The fraction of sp³-hybridized carbons (Fsp3) is 0.267. The lowest BCUT2D eigenvalue weighted by molar-refractivity contribution is 0.0589. The number of aromatic nitrogens is 2. The lowest BCUT2D eigenvalue weighted by Crippen LogP contribution is -2.12. The van der Waals surface area contributed by atoms with Gasteiger partial charge in [0.15, 0.2) is 5.69 Å². The van der Waals surface area contributed by atoms with Crippen molar-refractivity contribution in [3.8, 4) is 5.69 Å². The molecule has 0 bridgehead atoms. The highest BCUT2D eigenvalue weighted by molar-refractivity contribution is 5.93. The van der Waals surface area contributed by atoms with Crippen LogP contribution in [0, 0.1) is 0 Å². The predicted octanol–water partition coefficient (Wildman–Crippen LogP) is 0.980. The second-order valence-corrected chi connectivity index (χ2v) is 4.41. The van der Waals surface area contributed by atoms with E-state index in [0.717, 1.165) is 0 Å². The van der Waals surface area contributed by atoms with E-state index in [1.165, 1.54) is 25.0 Å². The van der Waals surface area contributed by atoms with Crippen LogP contribution in [0.25, 0.3) is 5.69 Å². The fourth-order valence-corrected chi connectivity index (χ4v) is 2.07. The molecule has 22 heavy (non-hydrogen) atoms. The number of aliphatic hydroxyl groups is 1. The molecule has 0 radical (unpaired) electrons. The number of nitrogens with zero attached hydrogens (tertiary/aromatic N) is 2. The van der Waals surface area contributed by atoms with Gasteiger partial charge in [0.05, 0.1) is 25.5 Å². The quantitative estimate of drug-likeness (QED) is 0.828. The largest absolute Gasteiger partial charge is 0.465 e. The Labute approximate surface area is 127 Å². The van der Waals surface area contributed by atoms with Crippen LogP contribution in [-0.2, 0) is 15.9 Å². The zero-order chi connectivity index (χ0) is 16.1. The van der Waals surface area contributed by atoms with Crippen molar-refractivity contribution in [1.29, 1.82) is 0 Å². The summed E-state index contributed by atoms with van der Waals surface area (Å²) in [5, 5.41) is 13.3. The van der Waals surface area contributed by atoms with Crippen molar-refractivity contribution >= 4 is 11.9 Å². The number of carbonyl (C=O) groups is 2. The van der Waals surface area contributed by atoms with Gasteiger partial charge in [-0.3, -0.25) is 0 Å². The molecule has 0 atom stereocenters. The van der Waals surface area contributed by atoms with E-state index in [1.807, 2.05) is 0 Å². The minimum Gasteiger partial charge on any atom is -0.465 e. The van der Waals surface area contributed by atoms with Crippen LogP contribution < -0.4 is 0 Å². The predicted molar refractivity (Wildman–Crippen MR) is 77.0 cm³/mol. The van der Waals surface area contributed by atoms with Crippen molar-refractivity contribution in [3.05, 3.63) is 47.3 Å². The summed E-state index contributed by atoms with van der Waals surface area (Å²) >= 11 is 0. The molecule has 0 fully saturated rings. The molecule has 1 N–H and O–H groups in total.